The van der Waals surface area contributed by atoms with Crippen molar-refractivity contribution >= 4 is 21.4 Å². The average molecular weight is 468 g/mol. The normalized spacial score (nSPS) is 17.9. The lowest BCUT2D eigenvalue weighted by Crippen LogP contribution is -2.33. The molecule has 0 aliphatic carbocycles. The van der Waals surface area contributed by atoms with E-state index in [4.69, 9.17) is 0 Å². The van der Waals surface area contributed by atoms with Gasteiger partial charge in [-0.05, 0) is 76.2 Å². The molecule has 0 aromatic heterocycles. The second-order valence-corrected chi connectivity index (χ2v) is 9.90. The number of alkyl halides is 3. The molecular weight excluding hydrogens is 439 g/mol. The number of hydrogen-bond donors (Lipinski definition) is 1. The number of benzene rings is 2. The molecule has 0 radical (unpaired) electrons. The van der Waals surface area contributed by atoms with E-state index < -0.39 is 22.2 Å². The number of halogens is 3. The Morgan fingerprint density at radius 2 is 1.75 bits per heavy atom. The van der Waals surface area contributed by atoms with Gasteiger partial charge in [-0.3, -0.25) is 0 Å². The molecule has 32 heavy (non-hydrogen) atoms. The SMILES string of the molecule is CC(=NS(=O)(=O)c1ccc(NC(c2ccccc2)C(F)(F)F)c(C)c1)C1CCN(C)CC1. The summed E-state index contributed by atoms with van der Waals surface area (Å²) < 4.78 is 70.6. The summed E-state index contributed by atoms with van der Waals surface area (Å²) in [5.41, 5.74) is 1.25. The lowest BCUT2D eigenvalue weighted by molar-refractivity contribution is -0.144. The van der Waals surface area contributed by atoms with Crippen LogP contribution in [-0.4, -0.2) is 45.3 Å². The topological polar surface area (TPSA) is 61.8 Å². The molecule has 174 valence electrons. The first-order chi connectivity index (χ1) is 15.0. The fourth-order valence-electron chi connectivity index (χ4n) is 3.86. The summed E-state index contributed by atoms with van der Waals surface area (Å²) in [6.45, 7) is 5.08. The number of rotatable bonds is 6. The van der Waals surface area contributed by atoms with Crippen LogP contribution in [0.25, 0.3) is 0 Å². The van der Waals surface area contributed by atoms with Crippen molar-refractivity contribution in [2.24, 2.45) is 10.3 Å². The van der Waals surface area contributed by atoms with Crippen LogP contribution in [0.2, 0.25) is 0 Å². The first-order valence-corrected chi connectivity index (χ1v) is 11.9. The van der Waals surface area contributed by atoms with Crippen molar-refractivity contribution in [3.8, 4) is 0 Å². The van der Waals surface area contributed by atoms with E-state index in [-0.39, 0.29) is 22.1 Å². The Balaban J connectivity index is 1.83. The Labute approximate surface area is 187 Å². The molecule has 1 atom stereocenters. The fraction of sp³-hybridized carbons (Fsp3) is 0.435. The van der Waals surface area contributed by atoms with Crippen LogP contribution in [0.4, 0.5) is 18.9 Å². The van der Waals surface area contributed by atoms with Crippen molar-refractivity contribution in [2.45, 2.75) is 43.8 Å². The predicted molar refractivity (Wildman–Crippen MR) is 121 cm³/mol. The first kappa shape index (κ1) is 24.3. The molecule has 0 spiro atoms. The zero-order valence-corrected chi connectivity index (χ0v) is 19.2. The lowest BCUT2D eigenvalue weighted by Gasteiger charge is -2.28. The highest BCUT2D eigenvalue weighted by Gasteiger charge is 2.41. The molecule has 1 aliphatic heterocycles. The summed E-state index contributed by atoms with van der Waals surface area (Å²) in [5.74, 6) is 0.112. The van der Waals surface area contributed by atoms with Crippen molar-refractivity contribution in [3.05, 3.63) is 59.7 Å². The monoisotopic (exact) mass is 467 g/mol. The summed E-state index contributed by atoms with van der Waals surface area (Å²) in [7, 11) is -1.92. The zero-order valence-electron chi connectivity index (χ0n) is 18.4. The van der Waals surface area contributed by atoms with Crippen molar-refractivity contribution in [3.63, 3.8) is 0 Å². The van der Waals surface area contributed by atoms with Gasteiger partial charge in [-0.25, -0.2) is 0 Å². The summed E-state index contributed by atoms with van der Waals surface area (Å²) in [6.07, 6.45) is -2.82. The molecule has 0 saturated carbocycles. The van der Waals surface area contributed by atoms with E-state index in [1.807, 2.05) is 7.05 Å². The maximum atomic E-state index is 13.7. The largest absolute Gasteiger partial charge is 0.412 e. The third-order valence-corrected chi connectivity index (χ3v) is 7.21. The molecule has 9 heteroatoms. The van der Waals surface area contributed by atoms with Crippen LogP contribution in [0.15, 0.2) is 57.8 Å². The number of likely N-dealkylation sites (tertiary alicyclic amines) is 1. The standard InChI is InChI=1S/C23H28F3N3O2S/c1-16-15-20(32(30,31)28-17(2)18-11-13-29(3)14-12-18)9-10-21(16)27-22(23(24,25)26)19-7-5-4-6-8-19/h4-10,15,18,22,27H,11-14H2,1-3H3. The zero-order chi connectivity index (χ0) is 23.5. The molecule has 3 rings (SSSR count). The van der Waals surface area contributed by atoms with Crippen molar-refractivity contribution < 1.29 is 21.6 Å². The van der Waals surface area contributed by atoms with E-state index >= 15 is 0 Å². The van der Waals surface area contributed by atoms with Gasteiger partial charge < -0.3 is 10.2 Å². The number of hydrogen-bond acceptors (Lipinski definition) is 4. The van der Waals surface area contributed by atoms with Crippen molar-refractivity contribution in [1.82, 2.24) is 4.90 Å². The molecular formula is C23H28F3N3O2S. The highest BCUT2D eigenvalue weighted by molar-refractivity contribution is 7.90. The molecule has 2 aromatic rings. The van der Waals surface area contributed by atoms with Crippen LogP contribution < -0.4 is 5.32 Å². The van der Waals surface area contributed by atoms with E-state index in [9.17, 15) is 21.6 Å². The summed E-state index contributed by atoms with van der Waals surface area (Å²) in [5, 5.41) is 2.52. The Bertz CT molecular complexity index is 1060. The van der Waals surface area contributed by atoms with Gasteiger partial charge in [0.1, 0.15) is 6.04 Å². The molecule has 1 aliphatic rings. The number of nitrogens with one attached hydrogen (secondary N) is 1. The summed E-state index contributed by atoms with van der Waals surface area (Å²) >= 11 is 0. The van der Waals surface area contributed by atoms with Gasteiger partial charge in [0, 0.05) is 17.3 Å². The van der Waals surface area contributed by atoms with E-state index in [0.29, 0.717) is 11.3 Å². The van der Waals surface area contributed by atoms with Crippen LogP contribution in [0, 0.1) is 12.8 Å². The average Bonchev–Trinajstić information content (AvgIpc) is 2.72. The van der Waals surface area contributed by atoms with Gasteiger partial charge in [0.15, 0.2) is 0 Å². The number of anilines is 1. The smallest absolute Gasteiger partial charge is 0.370 e. The molecule has 0 bridgehead atoms. The van der Waals surface area contributed by atoms with Gasteiger partial charge in [-0.15, -0.1) is 0 Å². The Morgan fingerprint density at radius 3 is 2.31 bits per heavy atom. The molecule has 1 unspecified atom stereocenters. The van der Waals surface area contributed by atoms with E-state index in [2.05, 4.69) is 14.6 Å². The fourth-order valence-corrected chi connectivity index (χ4v) is 5.06. The molecule has 5 nitrogen and oxygen atoms in total. The maximum Gasteiger partial charge on any atom is 0.412 e. The third-order valence-electron chi connectivity index (χ3n) is 5.83. The molecule has 2 aromatic carbocycles. The van der Waals surface area contributed by atoms with Crippen molar-refractivity contribution in [1.29, 1.82) is 0 Å². The minimum absolute atomic E-state index is 0.0314. The Hall–Kier alpha value is -2.39. The minimum atomic E-state index is -4.52. The summed E-state index contributed by atoms with van der Waals surface area (Å²) in [4.78, 5) is 2.16. The van der Waals surface area contributed by atoms with Gasteiger partial charge in [-0.1, -0.05) is 30.3 Å². The lowest BCUT2D eigenvalue weighted by atomic mass is 9.93. The molecule has 0 amide bonds. The van der Waals surface area contributed by atoms with Gasteiger partial charge in [0.05, 0.1) is 4.90 Å². The summed E-state index contributed by atoms with van der Waals surface area (Å²) in [6, 6.07) is 9.66. The minimum Gasteiger partial charge on any atom is -0.370 e. The highest BCUT2D eigenvalue weighted by Crippen LogP contribution is 2.36. The van der Waals surface area contributed by atoms with Gasteiger partial charge in [0.25, 0.3) is 10.0 Å². The molecule has 1 heterocycles. The second-order valence-electron chi connectivity index (χ2n) is 8.29. The number of aryl methyl sites for hydroxylation is 1. The predicted octanol–water partition coefficient (Wildman–Crippen LogP) is 5.20. The number of sulfonamides is 1. The van der Waals surface area contributed by atoms with Gasteiger partial charge in [-0.2, -0.15) is 26.0 Å². The van der Waals surface area contributed by atoms with Crippen LogP contribution in [0.3, 0.4) is 0 Å². The first-order valence-electron chi connectivity index (χ1n) is 10.5. The third kappa shape index (κ3) is 5.89. The second kappa shape index (κ2) is 9.62. The van der Waals surface area contributed by atoms with Crippen LogP contribution in [-0.2, 0) is 10.0 Å². The quantitative estimate of drug-likeness (QED) is 0.593. The van der Waals surface area contributed by atoms with E-state index in [1.165, 1.54) is 30.3 Å². The van der Waals surface area contributed by atoms with Crippen LogP contribution in [0.5, 0.6) is 0 Å². The van der Waals surface area contributed by atoms with Gasteiger partial charge in [0.2, 0.25) is 0 Å². The van der Waals surface area contributed by atoms with Crippen LogP contribution >= 0.6 is 0 Å². The molecule has 1 fully saturated rings. The van der Waals surface area contributed by atoms with Crippen LogP contribution in [0.1, 0.15) is 36.9 Å². The maximum absolute atomic E-state index is 13.7. The number of nitrogens with zero attached hydrogens (tertiary/aromatic N) is 2. The van der Waals surface area contributed by atoms with Crippen molar-refractivity contribution in [2.75, 3.05) is 25.5 Å². The number of piperidine rings is 1. The molecule has 1 saturated heterocycles. The molecule has 1 N–H and O–H groups in total. The highest BCUT2D eigenvalue weighted by atomic mass is 32.2. The van der Waals surface area contributed by atoms with E-state index in [0.717, 1.165) is 25.9 Å². The van der Waals surface area contributed by atoms with E-state index in [1.54, 1.807) is 32.0 Å². The Kier molecular flexibility index (Phi) is 7.29. The Morgan fingerprint density at radius 1 is 1.12 bits per heavy atom. The van der Waals surface area contributed by atoms with Gasteiger partial charge >= 0.3 is 6.18 Å².